The Balaban J connectivity index is 2.86. The van der Waals surface area contributed by atoms with E-state index in [4.69, 9.17) is 5.73 Å². The zero-order valence-corrected chi connectivity index (χ0v) is 7.12. The maximum absolute atomic E-state index is 12.7. The van der Waals surface area contributed by atoms with Gasteiger partial charge in [0, 0.05) is 6.04 Å². The van der Waals surface area contributed by atoms with Gasteiger partial charge in [-0.1, -0.05) is 13.8 Å². The number of nitrogens with two attached hydrogens (primary N) is 1. The molecule has 1 rings (SSSR count). The van der Waals surface area contributed by atoms with Crippen LogP contribution in [0, 0.1) is 11.3 Å². The van der Waals surface area contributed by atoms with E-state index in [1.54, 1.807) is 0 Å². The summed E-state index contributed by atoms with van der Waals surface area (Å²) in [7, 11) is 0. The van der Waals surface area contributed by atoms with Gasteiger partial charge in [0.15, 0.2) is 0 Å². The van der Waals surface area contributed by atoms with Gasteiger partial charge in [0.1, 0.15) is 0 Å². The van der Waals surface area contributed by atoms with Crippen LogP contribution in [0.5, 0.6) is 0 Å². The van der Waals surface area contributed by atoms with E-state index in [-0.39, 0.29) is 0 Å². The third-order valence-electron chi connectivity index (χ3n) is 2.68. The highest BCUT2D eigenvalue weighted by Crippen LogP contribution is 2.61. The maximum atomic E-state index is 12.7. The average molecular weight is 203 g/mol. The van der Waals surface area contributed by atoms with Crippen LogP contribution in [0.25, 0.3) is 0 Å². The van der Waals surface area contributed by atoms with Crippen LogP contribution in [-0.4, -0.2) is 18.1 Å². The zero-order chi connectivity index (χ0) is 10.7. The van der Waals surface area contributed by atoms with Crippen molar-refractivity contribution >= 4 is 0 Å². The Kier molecular flexibility index (Phi) is 1.93. The van der Waals surface area contributed by atoms with Crippen molar-refractivity contribution < 1.29 is 22.0 Å². The average Bonchev–Trinajstić information content (AvgIpc) is 2.29. The van der Waals surface area contributed by atoms with Crippen LogP contribution in [-0.2, 0) is 0 Å². The first-order chi connectivity index (χ1) is 5.53. The van der Waals surface area contributed by atoms with E-state index in [1.807, 2.05) is 0 Å². The summed E-state index contributed by atoms with van der Waals surface area (Å²) in [5.74, 6) is -6.46. The molecule has 0 aromatic carbocycles. The largest absolute Gasteiger partial charge is 0.453 e. The quantitative estimate of drug-likeness (QED) is 0.649. The minimum absolute atomic E-state index is 1.08. The van der Waals surface area contributed by atoms with E-state index < -0.39 is 29.5 Å². The normalized spacial score (nSPS) is 33.2. The lowest BCUT2D eigenvalue weighted by molar-refractivity contribution is -0.294. The first kappa shape index (κ1) is 10.7. The lowest BCUT2D eigenvalue weighted by Gasteiger charge is -2.20. The summed E-state index contributed by atoms with van der Waals surface area (Å²) in [6.07, 6.45) is -5.50. The molecule has 0 heterocycles. The summed E-state index contributed by atoms with van der Waals surface area (Å²) in [4.78, 5) is 0. The van der Waals surface area contributed by atoms with E-state index in [2.05, 4.69) is 0 Å². The van der Waals surface area contributed by atoms with Gasteiger partial charge in [-0.3, -0.25) is 0 Å². The molecule has 1 aliphatic rings. The van der Waals surface area contributed by atoms with Crippen LogP contribution in [0.15, 0.2) is 0 Å². The number of hydrogen-bond donors (Lipinski definition) is 1. The summed E-state index contributed by atoms with van der Waals surface area (Å²) < 4.78 is 60.8. The molecule has 78 valence electrons. The Morgan fingerprint density at radius 2 is 1.38 bits per heavy atom. The Morgan fingerprint density at radius 1 is 1.08 bits per heavy atom. The summed E-state index contributed by atoms with van der Waals surface area (Å²) in [6.45, 7) is 2.62. The van der Waals surface area contributed by atoms with Crippen molar-refractivity contribution in [3.8, 4) is 0 Å². The SMILES string of the molecule is CC1(C)[C@H](N)[C@H]1C(F)(F)C(F)(F)F. The molecule has 1 nitrogen and oxygen atoms in total. The third kappa shape index (κ3) is 1.31. The Labute approximate surface area is 72.1 Å². The Hall–Kier alpha value is -0.390. The molecular weight excluding hydrogens is 193 g/mol. The second kappa shape index (κ2) is 2.34. The highest BCUT2D eigenvalue weighted by atomic mass is 19.4. The molecule has 0 aliphatic heterocycles. The van der Waals surface area contributed by atoms with Crippen molar-refractivity contribution in [3.05, 3.63) is 0 Å². The molecule has 1 fully saturated rings. The molecule has 0 aromatic rings. The fraction of sp³-hybridized carbons (Fsp3) is 1.00. The van der Waals surface area contributed by atoms with Crippen molar-refractivity contribution in [2.75, 3.05) is 0 Å². The van der Waals surface area contributed by atoms with E-state index in [0.717, 1.165) is 0 Å². The van der Waals surface area contributed by atoms with Gasteiger partial charge in [-0.25, -0.2) is 0 Å². The molecule has 6 heteroatoms. The van der Waals surface area contributed by atoms with Crippen LogP contribution in [0.4, 0.5) is 22.0 Å². The molecule has 0 spiro atoms. The van der Waals surface area contributed by atoms with Crippen molar-refractivity contribution in [1.82, 2.24) is 0 Å². The highest BCUT2D eigenvalue weighted by molar-refractivity contribution is 5.16. The monoisotopic (exact) mass is 203 g/mol. The molecule has 2 N–H and O–H groups in total. The third-order valence-corrected chi connectivity index (χ3v) is 2.68. The minimum atomic E-state index is -5.50. The van der Waals surface area contributed by atoms with E-state index in [9.17, 15) is 22.0 Å². The van der Waals surface area contributed by atoms with E-state index in [0.29, 0.717) is 0 Å². The van der Waals surface area contributed by atoms with Gasteiger partial charge < -0.3 is 5.73 Å². The molecule has 2 atom stereocenters. The lowest BCUT2D eigenvalue weighted by atomic mass is 10.1. The fourth-order valence-electron chi connectivity index (χ4n) is 1.55. The molecular formula is C7H10F5N. The number of rotatable bonds is 1. The number of halogens is 5. The molecule has 0 aromatic heterocycles. The molecule has 1 saturated carbocycles. The van der Waals surface area contributed by atoms with Gasteiger partial charge in [0.2, 0.25) is 0 Å². The fourth-order valence-corrected chi connectivity index (χ4v) is 1.55. The van der Waals surface area contributed by atoms with Crippen molar-refractivity contribution in [2.45, 2.75) is 32.0 Å². The van der Waals surface area contributed by atoms with Crippen LogP contribution in [0.3, 0.4) is 0 Å². The molecule has 0 unspecified atom stereocenters. The van der Waals surface area contributed by atoms with Gasteiger partial charge in [-0.2, -0.15) is 22.0 Å². The molecule has 13 heavy (non-hydrogen) atoms. The van der Waals surface area contributed by atoms with Gasteiger partial charge in [-0.15, -0.1) is 0 Å². The second-order valence-electron chi connectivity index (χ2n) is 3.95. The Morgan fingerprint density at radius 3 is 1.46 bits per heavy atom. The van der Waals surface area contributed by atoms with Crippen molar-refractivity contribution in [2.24, 2.45) is 17.1 Å². The maximum Gasteiger partial charge on any atom is 0.453 e. The van der Waals surface area contributed by atoms with Crippen LogP contribution in [0.1, 0.15) is 13.8 Å². The van der Waals surface area contributed by atoms with Crippen molar-refractivity contribution in [1.29, 1.82) is 0 Å². The predicted molar refractivity (Wildman–Crippen MR) is 36.2 cm³/mol. The first-order valence-electron chi connectivity index (χ1n) is 3.73. The van der Waals surface area contributed by atoms with Gasteiger partial charge in [0.25, 0.3) is 0 Å². The second-order valence-corrected chi connectivity index (χ2v) is 3.95. The predicted octanol–water partition coefficient (Wildman–Crippen LogP) is 2.17. The number of alkyl halides is 5. The van der Waals surface area contributed by atoms with E-state index in [1.165, 1.54) is 13.8 Å². The standard InChI is InChI=1S/C7H10F5N/c1-5(2)3(4(5)13)6(8,9)7(10,11)12/h3-4H,13H2,1-2H3/t3-,4-/m1/s1. The van der Waals surface area contributed by atoms with Gasteiger partial charge in [0.05, 0.1) is 5.92 Å². The highest BCUT2D eigenvalue weighted by Gasteiger charge is 2.76. The summed E-state index contributed by atoms with van der Waals surface area (Å²) in [5, 5.41) is 0. The van der Waals surface area contributed by atoms with Crippen LogP contribution in [0.2, 0.25) is 0 Å². The molecule has 0 radical (unpaired) electrons. The summed E-state index contributed by atoms with van der Waals surface area (Å²) >= 11 is 0. The lowest BCUT2D eigenvalue weighted by Crippen LogP contribution is -2.41. The molecule has 0 amide bonds. The van der Waals surface area contributed by atoms with Crippen LogP contribution < -0.4 is 5.73 Å². The topological polar surface area (TPSA) is 26.0 Å². The summed E-state index contributed by atoms with van der Waals surface area (Å²) in [6, 6.07) is -1.08. The first-order valence-corrected chi connectivity index (χ1v) is 3.73. The van der Waals surface area contributed by atoms with Gasteiger partial charge in [-0.05, 0) is 5.41 Å². The summed E-state index contributed by atoms with van der Waals surface area (Å²) in [5.41, 5.74) is 4.02. The molecule has 0 saturated heterocycles. The molecule has 1 aliphatic carbocycles. The van der Waals surface area contributed by atoms with Crippen LogP contribution >= 0.6 is 0 Å². The zero-order valence-electron chi connectivity index (χ0n) is 7.12. The Bertz CT molecular complexity index is 219. The van der Waals surface area contributed by atoms with E-state index >= 15 is 0 Å². The van der Waals surface area contributed by atoms with Gasteiger partial charge >= 0.3 is 12.1 Å². The smallest absolute Gasteiger partial charge is 0.327 e. The minimum Gasteiger partial charge on any atom is -0.327 e. The molecule has 0 bridgehead atoms. The number of hydrogen-bond acceptors (Lipinski definition) is 1. The van der Waals surface area contributed by atoms with Crippen molar-refractivity contribution in [3.63, 3.8) is 0 Å².